The molecule has 1 aliphatic carbocycles. The number of nitrogens with zero attached hydrogens (tertiary/aromatic N) is 1. The maximum Gasteiger partial charge on any atom is 0.251 e. The molecule has 3 aromatic rings. The van der Waals surface area contributed by atoms with Gasteiger partial charge in [0, 0.05) is 29.4 Å². The van der Waals surface area contributed by atoms with Gasteiger partial charge in [-0.05, 0) is 55.2 Å². The van der Waals surface area contributed by atoms with Crippen molar-refractivity contribution >= 4 is 22.5 Å². The van der Waals surface area contributed by atoms with E-state index >= 15 is 0 Å². The van der Waals surface area contributed by atoms with Gasteiger partial charge in [0.05, 0.1) is 17.7 Å². The second kappa shape index (κ2) is 8.62. The van der Waals surface area contributed by atoms with Gasteiger partial charge in [0.15, 0.2) is 0 Å². The number of aliphatic hydroxyl groups is 1. The molecule has 1 aliphatic rings. The van der Waals surface area contributed by atoms with Crippen molar-refractivity contribution in [3.8, 4) is 0 Å². The Kier molecular flexibility index (Phi) is 5.76. The van der Waals surface area contributed by atoms with E-state index in [0.29, 0.717) is 12.1 Å². The number of aryl methyl sites for hydroxylation is 1. The Labute approximate surface area is 171 Å². The molecule has 5 heteroatoms. The van der Waals surface area contributed by atoms with Crippen LogP contribution in [0, 0.1) is 6.92 Å². The number of anilines is 1. The van der Waals surface area contributed by atoms with Crippen molar-refractivity contribution in [2.24, 2.45) is 0 Å². The highest BCUT2D eigenvalue weighted by molar-refractivity contribution is 5.95. The Bertz CT molecular complexity index is 1020. The summed E-state index contributed by atoms with van der Waals surface area (Å²) >= 11 is 0. The largest absolute Gasteiger partial charge is 0.391 e. The molecule has 3 N–H and O–H groups in total. The van der Waals surface area contributed by atoms with E-state index in [4.69, 9.17) is 0 Å². The van der Waals surface area contributed by atoms with Crippen LogP contribution in [0.2, 0.25) is 0 Å². The summed E-state index contributed by atoms with van der Waals surface area (Å²) in [5.74, 6) is -0.133. The molecule has 4 rings (SSSR count). The number of carbonyl (C=O) groups is 1. The lowest BCUT2D eigenvalue weighted by Crippen LogP contribution is -2.45. The Morgan fingerprint density at radius 1 is 1.14 bits per heavy atom. The van der Waals surface area contributed by atoms with Crippen LogP contribution in [0.4, 0.5) is 5.69 Å². The van der Waals surface area contributed by atoms with E-state index in [-0.39, 0.29) is 11.9 Å². The zero-order chi connectivity index (χ0) is 20.2. The van der Waals surface area contributed by atoms with E-state index < -0.39 is 6.10 Å². The Morgan fingerprint density at radius 3 is 2.83 bits per heavy atom. The molecule has 0 aliphatic heterocycles. The normalized spacial score (nSPS) is 19.1. The van der Waals surface area contributed by atoms with Crippen LogP contribution in [0.1, 0.15) is 47.2 Å². The molecule has 1 amide bonds. The fraction of sp³-hybridized carbons (Fsp3) is 0.333. The van der Waals surface area contributed by atoms with Crippen molar-refractivity contribution < 1.29 is 9.90 Å². The van der Waals surface area contributed by atoms with Gasteiger partial charge in [-0.3, -0.25) is 9.78 Å². The second-order valence-electron chi connectivity index (χ2n) is 7.85. The molecule has 1 fully saturated rings. The number of pyridine rings is 1. The first-order valence-corrected chi connectivity index (χ1v) is 10.3. The number of hydrogen-bond acceptors (Lipinski definition) is 4. The summed E-state index contributed by atoms with van der Waals surface area (Å²) in [5.41, 5.74) is 4.68. The molecule has 1 aromatic heterocycles. The van der Waals surface area contributed by atoms with E-state index in [2.05, 4.69) is 27.8 Å². The summed E-state index contributed by atoms with van der Waals surface area (Å²) in [7, 11) is 0. The predicted octanol–water partition coefficient (Wildman–Crippen LogP) is 4.19. The number of nitrogens with one attached hydrogen (secondary N) is 2. The number of benzene rings is 2. The van der Waals surface area contributed by atoms with Crippen LogP contribution in [0.25, 0.3) is 10.9 Å². The highest BCUT2D eigenvalue weighted by atomic mass is 16.3. The first-order valence-electron chi connectivity index (χ1n) is 10.3. The number of amides is 1. The summed E-state index contributed by atoms with van der Waals surface area (Å²) in [6, 6.07) is 15.7. The van der Waals surface area contributed by atoms with Gasteiger partial charge in [0.25, 0.3) is 5.91 Å². The van der Waals surface area contributed by atoms with Crippen LogP contribution in [0.15, 0.2) is 54.7 Å². The fourth-order valence-electron chi connectivity index (χ4n) is 3.90. The van der Waals surface area contributed by atoms with Gasteiger partial charge in [-0.2, -0.15) is 0 Å². The molecule has 2 atom stereocenters. The number of fused-ring (bicyclic) bond motifs is 1. The van der Waals surface area contributed by atoms with E-state index in [1.807, 2.05) is 49.5 Å². The SMILES string of the molecule is Cc1ccc(C(=O)N[C@H]2CCCC[C@@H]2O)cc1NCc1cnc2ccccc2c1. The van der Waals surface area contributed by atoms with Crippen LogP contribution < -0.4 is 10.6 Å². The minimum absolute atomic E-state index is 0.133. The van der Waals surface area contributed by atoms with Gasteiger partial charge in [-0.25, -0.2) is 0 Å². The van der Waals surface area contributed by atoms with Crippen molar-refractivity contribution in [3.63, 3.8) is 0 Å². The van der Waals surface area contributed by atoms with E-state index in [0.717, 1.165) is 53.4 Å². The van der Waals surface area contributed by atoms with E-state index in [1.165, 1.54) is 0 Å². The third kappa shape index (κ3) is 4.57. The Hall–Kier alpha value is -2.92. The highest BCUT2D eigenvalue weighted by Crippen LogP contribution is 2.21. The first-order chi connectivity index (χ1) is 14.1. The topological polar surface area (TPSA) is 74.2 Å². The van der Waals surface area contributed by atoms with Gasteiger partial charge in [0.1, 0.15) is 0 Å². The van der Waals surface area contributed by atoms with Crippen LogP contribution in [-0.4, -0.2) is 28.1 Å². The van der Waals surface area contributed by atoms with E-state index in [1.54, 1.807) is 0 Å². The maximum absolute atomic E-state index is 12.7. The summed E-state index contributed by atoms with van der Waals surface area (Å²) in [4.78, 5) is 17.2. The average molecular weight is 389 g/mol. The van der Waals surface area contributed by atoms with Crippen LogP contribution >= 0.6 is 0 Å². The fourth-order valence-corrected chi connectivity index (χ4v) is 3.90. The van der Waals surface area contributed by atoms with Crippen molar-refractivity contribution in [1.82, 2.24) is 10.3 Å². The number of aliphatic hydroxyl groups excluding tert-OH is 1. The average Bonchev–Trinajstić information content (AvgIpc) is 2.74. The third-order valence-corrected chi connectivity index (χ3v) is 5.68. The minimum atomic E-state index is -0.448. The molecule has 1 saturated carbocycles. The zero-order valence-corrected chi connectivity index (χ0v) is 16.7. The predicted molar refractivity (Wildman–Crippen MR) is 116 cm³/mol. The van der Waals surface area contributed by atoms with E-state index in [9.17, 15) is 9.90 Å². The maximum atomic E-state index is 12.7. The Morgan fingerprint density at radius 2 is 1.97 bits per heavy atom. The molecule has 2 aromatic carbocycles. The smallest absolute Gasteiger partial charge is 0.251 e. The number of carbonyl (C=O) groups excluding carboxylic acids is 1. The van der Waals surface area contributed by atoms with Crippen molar-refractivity contribution in [1.29, 1.82) is 0 Å². The molecule has 29 heavy (non-hydrogen) atoms. The lowest BCUT2D eigenvalue weighted by atomic mass is 9.92. The molecule has 0 unspecified atom stereocenters. The molecule has 5 nitrogen and oxygen atoms in total. The Balaban J connectivity index is 1.45. The molecule has 150 valence electrons. The molecule has 0 spiro atoms. The number of rotatable bonds is 5. The highest BCUT2D eigenvalue weighted by Gasteiger charge is 2.25. The van der Waals surface area contributed by atoms with Crippen molar-refractivity contribution in [3.05, 3.63) is 71.4 Å². The number of para-hydroxylation sites is 1. The number of hydrogen-bond donors (Lipinski definition) is 3. The standard InChI is InChI=1S/C24H27N3O2/c1-16-10-11-19(24(29)27-21-8-4-5-9-23(21)28)13-22(16)26-15-17-12-18-6-2-3-7-20(18)25-14-17/h2-3,6-7,10-14,21,23,26,28H,4-5,8-9,15H2,1H3,(H,27,29)/t21-,23-/m0/s1. The third-order valence-electron chi connectivity index (χ3n) is 5.68. The molecule has 0 bridgehead atoms. The summed E-state index contributed by atoms with van der Waals surface area (Å²) < 4.78 is 0. The lowest BCUT2D eigenvalue weighted by Gasteiger charge is -2.28. The van der Waals surface area contributed by atoms with Gasteiger partial charge in [-0.1, -0.05) is 37.1 Å². The molecular weight excluding hydrogens is 362 g/mol. The second-order valence-corrected chi connectivity index (χ2v) is 7.85. The summed E-state index contributed by atoms with van der Waals surface area (Å²) in [6.07, 6.45) is 5.09. The van der Waals surface area contributed by atoms with Gasteiger partial charge in [-0.15, -0.1) is 0 Å². The lowest BCUT2D eigenvalue weighted by molar-refractivity contribution is 0.0717. The van der Waals surface area contributed by atoms with Crippen molar-refractivity contribution in [2.45, 2.75) is 51.3 Å². The van der Waals surface area contributed by atoms with Crippen LogP contribution in [-0.2, 0) is 6.54 Å². The van der Waals surface area contributed by atoms with Gasteiger partial charge in [0.2, 0.25) is 0 Å². The monoisotopic (exact) mass is 389 g/mol. The molecular formula is C24H27N3O2. The molecule has 0 radical (unpaired) electrons. The summed E-state index contributed by atoms with van der Waals surface area (Å²) in [5, 5.41) is 17.7. The first kappa shape index (κ1) is 19.4. The number of aromatic nitrogens is 1. The van der Waals surface area contributed by atoms with Crippen LogP contribution in [0.3, 0.4) is 0 Å². The van der Waals surface area contributed by atoms with Gasteiger partial charge >= 0.3 is 0 Å². The molecule has 1 heterocycles. The van der Waals surface area contributed by atoms with Gasteiger partial charge < -0.3 is 15.7 Å². The minimum Gasteiger partial charge on any atom is -0.391 e. The summed E-state index contributed by atoms with van der Waals surface area (Å²) in [6.45, 7) is 2.65. The molecule has 0 saturated heterocycles. The van der Waals surface area contributed by atoms with Crippen LogP contribution in [0.5, 0.6) is 0 Å². The zero-order valence-electron chi connectivity index (χ0n) is 16.7. The van der Waals surface area contributed by atoms with Crippen molar-refractivity contribution in [2.75, 3.05) is 5.32 Å². The quantitative estimate of drug-likeness (QED) is 0.612.